The van der Waals surface area contributed by atoms with Crippen molar-refractivity contribution in [1.82, 2.24) is 25.1 Å². The number of hydrogen-bond acceptors (Lipinski definition) is 6. The second-order valence-corrected chi connectivity index (χ2v) is 7.03. The molecule has 3 aromatic rings. The summed E-state index contributed by atoms with van der Waals surface area (Å²) in [7, 11) is 1.08. The molecule has 0 aromatic carbocycles. The minimum absolute atomic E-state index is 0.431. The number of halogens is 3. The molecule has 4 rings (SSSR count). The van der Waals surface area contributed by atoms with Crippen LogP contribution in [0.5, 0.6) is 0 Å². The van der Waals surface area contributed by atoms with Crippen LogP contribution in [0.25, 0.3) is 21.8 Å². The van der Waals surface area contributed by atoms with Crippen molar-refractivity contribution in [2.75, 3.05) is 31.6 Å². The lowest BCUT2D eigenvalue weighted by Crippen LogP contribution is -2.42. The van der Waals surface area contributed by atoms with Crippen LogP contribution in [0.3, 0.4) is 0 Å². The number of fused-ring (bicyclic) bond motifs is 3. The molecule has 1 N–H and O–H groups in total. The van der Waals surface area contributed by atoms with E-state index in [9.17, 15) is 18.0 Å². The van der Waals surface area contributed by atoms with Crippen molar-refractivity contribution in [3.8, 4) is 0 Å². The molecule has 1 aliphatic heterocycles. The Balaban J connectivity index is 1.45. The zero-order valence-electron chi connectivity index (χ0n) is 15.6. The lowest BCUT2D eigenvalue weighted by atomic mass is 10.1. The Morgan fingerprint density at radius 1 is 1.31 bits per heavy atom. The first-order chi connectivity index (χ1) is 13.8. The third kappa shape index (κ3) is 4.03. The van der Waals surface area contributed by atoms with Gasteiger partial charge < -0.3 is 14.5 Å². The van der Waals surface area contributed by atoms with Crippen LogP contribution in [0.4, 0.5) is 23.8 Å². The average molecular weight is 408 g/mol. The number of alkyl halides is 3. The smallest absolute Gasteiger partial charge is 0.410 e. The van der Waals surface area contributed by atoms with Gasteiger partial charge in [0.1, 0.15) is 18.5 Å². The van der Waals surface area contributed by atoms with E-state index >= 15 is 0 Å². The predicted molar refractivity (Wildman–Crippen MR) is 99.6 cm³/mol. The molecule has 154 valence electrons. The molecule has 0 radical (unpaired) electrons. The van der Waals surface area contributed by atoms with Crippen molar-refractivity contribution in [1.29, 1.82) is 0 Å². The van der Waals surface area contributed by atoms with Crippen LogP contribution in [0.15, 0.2) is 24.7 Å². The lowest BCUT2D eigenvalue weighted by molar-refractivity contribution is -0.141. The maximum Gasteiger partial charge on any atom is 0.410 e. The number of piperidine rings is 1. The third-order valence-corrected chi connectivity index (χ3v) is 4.93. The number of pyridine rings is 1. The molecular weight excluding hydrogens is 389 g/mol. The number of ether oxygens (including phenoxy) is 1. The van der Waals surface area contributed by atoms with Gasteiger partial charge in [0.05, 0.1) is 6.20 Å². The van der Waals surface area contributed by atoms with Gasteiger partial charge in [0.25, 0.3) is 0 Å². The summed E-state index contributed by atoms with van der Waals surface area (Å²) in [6, 6.07) is 1.90. The number of nitrogens with zero attached hydrogens (tertiary/aromatic N) is 5. The predicted octanol–water partition coefficient (Wildman–Crippen LogP) is 3.11. The van der Waals surface area contributed by atoms with Gasteiger partial charge in [-0.1, -0.05) is 0 Å². The maximum atomic E-state index is 12.4. The molecule has 1 saturated heterocycles. The van der Waals surface area contributed by atoms with Crippen LogP contribution in [0.2, 0.25) is 0 Å². The van der Waals surface area contributed by atoms with E-state index in [-0.39, 0.29) is 0 Å². The van der Waals surface area contributed by atoms with E-state index < -0.39 is 24.9 Å². The number of rotatable bonds is 3. The molecule has 0 atom stereocenters. The molecule has 11 heteroatoms. The Labute approximate surface area is 163 Å². The van der Waals surface area contributed by atoms with E-state index in [1.165, 1.54) is 0 Å². The van der Waals surface area contributed by atoms with Crippen molar-refractivity contribution in [2.45, 2.75) is 25.1 Å². The fourth-order valence-electron chi connectivity index (χ4n) is 3.55. The normalized spacial score (nSPS) is 15.8. The van der Waals surface area contributed by atoms with Gasteiger partial charge in [-0.25, -0.2) is 14.8 Å². The number of H-pyrrole nitrogens is 1. The first-order valence-electron chi connectivity index (χ1n) is 9.12. The quantitative estimate of drug-likeness (QED) is 0.717. The van der Waals surface area contributed by atoms with Gasteiger partial charge in [-0.3, -0.25) is 5.10 Å². The number of nitrogens with one attached hydrogen (secondary N) is 1. The fraction of sp³-hybridized carbons (Fsp3) is 0.444. The van der Waals surface area contributed by atoms with Gasteiger partial charge in [-0.05, 0) is 6.07 Å². The van der Waals surface area contributed by atoms with Gasteiger partial charge in [-0.2, -0.15) is 18.3 Å². The zero-order chi connectivity index (χ0) is 20.6. The van der Waals surface area contributed by atoms with Crippen LogP contribution < -0.4 is 4.90 Å². The Bertz CT molecular complexity index is 1030. The van der Waals surface area contributed by atoms with Crippen LogP contribution in [-0.2, 0) is 4.74 Å². The summed E-state index contributed by atoms with van der Waals surface area (Å²) in [6.07, 6.45) is 0.277. The number of aromatic nitrogens is 4. The highest BCUT2D eigenvalue weighted by molar-refractivity contribution is 6.09. The van der Waals surface area contributed by atoms with E-state index in [4.69, 9.17) is 4.74 Å². The van der Waals surface area contributed by atoms with E-state index in [2.05, 4.69) is 25.1 Å². The van der Waals surface area contributed by atoms with Crippen molar-refractivity contribution in [2.24, 2.45) is 0 Å². The van der Waals surface area contributed by atoms with E-state index in [1.807, 2.05) is 6.07 Å². The van der Waals surface area contributed by atoms with Crippen LogP contribution >= 0.6 is 0 Å². The summed E-state index contributed by atoms with van der Waals surface area (Å²) in [5.74, 6) is 0.821. The Hall–Kier alpha value is -3.11. The first kappa shape index (κ1) is 19.2. The molecule has 0 unspecified atom stereocenters. The van der Waals surface area contributed by atoms with Gasteiger partial charge in [0, 0.05) is 61.5 Å². The molecule has 0 bridgehead atoms. The van der Waals surface area contributed by atoms with Crippen molar-refractivity contribution < 1.29 is 22.7 Å². The molecule has 1 fully saturated rings. The van der Waals surface area contributed by atoms with Crippen LogP contribution in [0.1, 0.15) is 12.8 Å². The van der Waals surface area contributed by atoms with Gasteiger partial charge in [-0.15, -0.1) is 0 Å². The monoisotopic (exact) mass is 408 g/mol. The Morgan fingerprint density at radius 2 is 2.07 bits per heavy atom. The average Bonchev–Trinajstić information content (AvgIpc) is 3.16. The number of amides is 1. The van der Waals surface area contributed by atoms with Gasteiger partial charge in [0.2, 0.25) is 0 Å². The maximum absolute atomic E-state index is 12.4. The molecular formula is C18H19F3N6O2. The van der Waals surface area contributed by atoms with Crippen LogP contribution in [-0.4, -0.2) is 70.1 Å². The van der Waals surface area contributed by atoms with E-state index in [1.54, 1.807) is 18.6 Å². The van der Waals surface area contributed by atoms with E-state index in [0.717, 1.165) is 29.0 Å². The first-order valence-corrected chi connectivity index (χ1v) is 9.12. The second-order valence-electron chi connectivity index (χ2n) is 7.03. The fourth-order valence-corrected chi connectivity index (χ4v) is 3.55. The lowest BCUT2D eigenvalue weighted by Gasteiger charge is -2.34. The van der Waals surface area contributed by atoms with Crippen molar-refractivity contribution in [3.63, 3.8) is 0 Å². The molecule has 29 heavy (non-hydrogen) atoms. The minimum atomic E-state index is -4.45. The molecule has 8 nitrogen and oxygen atoms in total. The Morgan fingerprint density at radius 3 is 2.79 bits per heavy atom. The zero-order valence-corrected chi connectivity index (χ0v) is 15.6. The SMILES string of the molecule is CN(CC(F)(F)F)C(=O)OC1CCN(c2[nH]ncc3cnc4nccc4c23)CC1. The standard InChI is InChI=1S/C18H19F3N6O2/c1-26(10-18(19,20)21)17(28)29-12-3-6-27(7-4-12)16-14-11(9-24-25-16)8-23-15-13(14)2-5-22-15/h2,5,8-9,12,25H,3-4,6-7,10H2,1H3. The number of anilines is 1. The molecule has 0 spiro atoms. The number of aromatic amines is 1. The van der Waals surface area contributed by atoms with E-state index in [0.29, 0.717) is 36.5 Å². The molecule has 0 saturated carbocycles. The third-order valence-electron chi connectivity index (χ3n) is 4.93. The molecule has 4 heterocycles. The summed E-state index contributed by atoms with van der Waals surface area (Å²) in [6.45, 7) is -0.203. The molecule has 3 aromatic heterocycles. The van der Waals surface area contributed by atoms with Crippen molar-refractivity contribution >= 4 is 33.7 Å². The van der Waals surface area contributed by atoms with Gasteiger partial charge in [0.15, 0.2) is 5.65 Å². The minimum Gasteiger partial charge on any atom is -0.446 e. The molecule has 1 amide bonds. The summed E-state index contributed by atoms with van der Waals surface area (Å²) in [4.78, 5) is 23.1. The summed E-state index contributed by atoms with van der Waals surface area (Å²) in [5.41, 5.74) is 0.648. The second kappa shape index (κ2) is 7.37. The highest BCUT2D eigenvalue weighted by Gasteiger charge is 2.33. The number of carbonyl (C=O) groups excluding carboxylic acids is 1. The topological polar surface area (TPSA) is 87.2 Å². The van der Waals surface area contributed by atoms with Crippen molar-refractivity contribution in [3.05, 3.63) is 24.7 Å². The molecule has 1 aliphatic rings. The highest BCUT2D eigenvalue weighted by atomic mass is 19.4. The number of carbonyl (C=O) groups is 1. The highest BCUT2D eigenvalue weighted by Crippen LogP contribution is 2.31. The van der Waals surface area contributed by atoms with Crippen LogP contribution in [0, 0.1) is 0 Å². The Kier molecular flexibility index (Phi) is 4.89. The summed E-state index contributed by atoms with van der Waals surface area (Å²) in [5, 5.41) is 9.97. The largest absolute Gasteiger partial charge is 0.446 e. The summed E-state index contributed by atoms with van der Waals surface area (Å²) >= 11 is 0. The summed E-state index contributed by atoms with van der Waals surface area (Å²) < 4.78 is 42.5. The number of hydrogen-bond donors (Lipinski definition) is 1. The molecule has 0 aliphatic carbocycles. The van der Waals surface area contributed by atoms with Gasteiger partial charge >= 0.3 is 12.3 Å².